The van der Waals surface area contributed by atoms with E-state index in [2.05, 4.69) is 37.8 Å². The van der Waals surface area contributed by atoms with Crippen LogP contribution in [0.1, 0.15) is 60.5 Å². The fraction of sp³-hybridized carbons (Fsp3) is 0.385. The first-order valence-corrected chi connectivity index (χ1v) is 11.3. The molecular formula is C26H30N2O3. The first kappa shape index (κ1) is 21.3. The van der Waals surface area contributed by atoms with Crippen LogP contribution in [-0.2, 0) is 6.42 Å². The van der Waals surface area contributed by atoms with E-state index >= 15 is 0 Å². The molecule has 0 saturated carbocycles. The molecule has 5 nitrogen and oxygen atoms in total. The summed E-state index contributed by atoms with van der Waals surface area (Å²) >= 11 is 0. The molecule has 5 heteroatoms. The van der Waals surface area contributed by atoms with Crippen LogP contribution in [0.2, 0.25) is 0 Å². The Bertz CT molecular complexity index is 1130. The zero-order valence-electron chi connectivity index (χ0n) is 18.6. The van der Waals surface area contributed by atoms with Gasteiger partial charge >= 0.3 is 0 Å². The number of amides is 1. The molecule has 2 aromatic carbocycles. The number of carbonyl (C=O) groups excluding carboxylic acids is 1. The second-order valence-electron chi connectivity index (χ2n) is 8.05. The molecule has 1 aromatic heterocycles. The van der Waals surface area contributed by atoms with Crippen molar-refractivity contribution in [3.63, 3.8) is 0 Å². The Morgan fingerprint density at radius 2 is 1.68 bits per heavy atom. The minimum absolute atomic E-state index is 0.110. The average Bonchev–Trinajstić information content (AvgIpc) is 3.09. The predicted octanol–water partition coefficient (Wildman–Crippen LogP) is 4.63. The van der Waals surface area contributed by atoms with E-state index in [1.165, 1.54) is 5.56 Å². The highest BCUT2D eigenvalue weighted by Gasteiger charge is 2.42. The van der Waals surface area contributed by atoms with Crippen molar-refractivity contribution in [2.45, 2.75) is 39.7 Å². The summed E-state index contributed by atoms with van der Waals surface area (Å²) < 4.78 is 5.99. The van der Waals surface area contributed by atoms with Crippen molar-refractivity contribution < 1.29 is 9.21 Å². The normalized spacial score (nSPS) is 15.8. The maximum absolute atomic E-state index is 13.4. The Balaban J connectivity index is 1.77. The molecule has 162 valence electrons. The second kappa shape index (κ2) is 9.06. The smallest absolute Gasteiger partial charge is 0.290 e. The molecule has 2 heterocycles. The Morgan fingerprint density at radius 1 is 0.968 bits per heavy atom. The molecule has 0 saturated heterocycles. The van der Waals surface area contributed by atoms with Crippen molar-refractivity contribution >= 4 is 16.9 Å². The topological polar surface area (TPSA) is 53.8 Å². The first-order chi connectivity index (χ1) is 15.1. The Morgan fingerprint density at radius 3 is 2.35 bits per heavy atom. The molecule has 1 aliphatic rings. The van der Waals surface area contributed by atoms with E-state index in [4.69, 9.17) is 4.42 Å². The van der Waals surface area contributed by atoms with Gasteiger partial charge in [0.2, 0.25) is 5.76 Å². The number of fused-ring (bicyclic) bond motifs is 2. The van der Waals surface area contributed by atoms with Gasteiger partial charge in [0, 0.05) is 6.54 Å². The minimum Gasteiger partial charge on any atom is -0.450 e. The number of nitrogens with zero attached hydrogens (tertiary/aromatic N) is 2. The zero-order chi connectivity index (χ0) is 22.0. The number of carbonyl (C=O) groups is 1. The highest BCUT2D eigenvalue weighted by Crippen LogP contribution is 2.38. The summed E-state index contributed by atoms with van der Waals surface area (Å²) in [6.07, 6.45) is 1.79. The molecular weight excluding hydrogens is 388 g/mol. The summed E-state index contributed by atoms with van der Waals surface area (Å²) in [5.41, 5.74) is 3.00. The van der Waals surface area contributed by atoms with Gasteiger partial charge in [0.25, 0.3) is 5.91 Å². The standard InChI is InChI=1S/C26H30N2O3/c1-4-18-12-14-19(15-13-18)23-22-24(29)20-10-7-8-11-21(20)31-25(22)26(30)28(23)17-9-16-27(5-2)6-3/h7-8,10-15,23H,4-6,9,16-17H2,1-3H3. The van der Waals surface area contributed by atoms with Gasteiger partial charge in [0.1, 0.15) is 5.58 Å². The van der Waals surface area contributed by atoms with Crippen molar-refractivity contribution in [1.29, 1.82) is 0 Å². The molecule has 0 N–H and O–H groups in total. The Hall–Kier alpha value is -2.92. The van der Waals surface area contributed by atoms with E-state index in [1.54, 1.807) is 12.1 Å². The molecule has 0 fully saturated rings. The number of para-hydroxylation sites is 1. The average molecular weight is 419 g/mol. The number of hydrogen-bond donors (Lipinski definition) is 0. The molecule has 4 rings (SSSR count). The molecule has 0 radical (unpaired) electrons. The molecule has 0 bridgehead atoms. The summed E-state index contributed by atoms with van der Waals surface area (Å²) in [5.74, 6) is -0.00178. The van der Waals surface area contributed by atoms with Crippen LogP contribution in [0.5, 0.6) is 0 Å². The van der Waals surface area contributed by atoms with E-state index < -0.39 is 6.04 Å². The number of rotatable bonds is 8. The van der Waals surface area contributed by atoms with Gasteiger partial charge in [0.05, 0.1) is 17.0 Å². The van der Waals surface area contributed by atoms with E-state index in [0.29, 0.717) is 23.1 Å². The van der Waals surface area contributed by atoms with Crippen LogP contribution in [0.15, 0.2) is 57.7 Å². The lowest BCUT2D eigenvalue weighted by Gasteiger charge is -2.26. The summed E-state index contributed by atoms with van der Waals surface area (Å²) in [6.45, 7) is 9.87. The van der Waals surface area contributed by atoms with Gasteiger partial charge in [-0.1, -0.05) is 57.2 Å². The quantitative estimate of drug-likeness (QED) is 0.535. The van der Waals surface area contributed by atoms with Crippen molar-refractivity contribution in [3.8, 4) is 0 Å². The van der Waals surface area contributed by atoms with Gasteiger partial charge in [-0.2, -0.15) is 0 Å². The summed E-state index contributed by atoms with van der Waals surface area (Å²) in [4.78, 5) is 31.0. The van der Waals surface area contributed by atoms with E-state index in [9.17, 15) is 9.59 Å². The third-order valence-electron chi connectivity index (χ3n) is 6.34. The highest BCUT2D eigenvalue weighted by atomic mass is 16.3. The number of hydrogen-bond acceptors (Lipinski definition) is 4. The molecule has 1 atom stereocenters. The lowest BCUT2D eigenvalue weighted by molar-refractivity contribution is 0.0720. The zero-order valence-corrected chi connectivity index (χ0v) is 18.6. The highest BCUT2D eigenvalue weighted by molar-refractivity contribution is 5.99. The molecule has 0 spiro atoms. The van der Waals surface area contributed by atoms with Gasteiger partial charge in [0.15, 0.2) is 5.43 Å². The van der Waals surface area contributed by atoms with E-state index in [1.807, 2.05) is 29.2 Å². The Labute approximate surface area is 183 Å². The van der Waals surface area contributed by atoms with Crippen LogP contribution in [0.25, 0.3) is 11.0 Å². The minimum atomic E-state index is -0.411. The maximum atomic E-state index is 13.4. The van der Waals surface area contributed by atoms with Crippen LogP contribution in [0.4, 0.5) is 0 Å². The molecule has 1 amide bonds. The molecule has 1 aliphatic heterocycles. The van der Waals surface area contributed by atoms with Crippen LogP contribution >= 0.6 is 0 Å². The largest absolute Gasteiger partial charge is 0.450 e. The maximum Gasteiger partial charge on any atom is 0.290 e. The fourth-order valence-electron chi connectivity index (χ4n) is 4.48. The monoisotopic (exact) mass is 418 g/mol. The third kappa shape index (κ3) is 3.90. The number of aryl methyl sites for hydroxylation is 1. The first-order valence-electron chi connectivity index (χ1n) is 11.3. The molecule has 3 aromatic rings. The lowest BCUT2D eigenvalue weighted by atomic mass is 9.97. The van der Waals surface area contributed by atoms with Crippen molar-refractivity contribution in [1.82, 2.24) is 9.80 Å². The molecule has 31 heavy (non-hydrogen) atoms. The van der Waals surface area contributed by atoms with Crippen molar-refractivity contribution in [3.05, 3.63) is 81.2 Å². The third-order valence-corrected chi connectivity index (χ3v) is 6.34. The van der Waals surface area contributed by atoms with Crippen LogP contribution in [0, 0.1) is 0 Å². The van der Waals surface area contributed by atoms with Crippen LogP contribution < -0.4 is 5.43 Å². The Kier molecular flexibility index (Phi) is 6.23. The predicted molar refractivity (Wildman–Crippen MR) is 124 cm³/mol. The second-order valence-corrected chi connectivity index (χ2v) is 8.05. The van der Waals surface area contributed by atoms with Crippen LogP contribution in [0.3, 0.4) is 0 Å². The molecule has 1 unspecified atom stereocenters. The van der Waals surface area contributed by atoms with Gasteiger partial charge < -0.3 is 14.2 Å². The van der Waals surface area contributed by atoms with Gasteiger partial charge in [-0.05, 0) is 55.7 Å². The number of benzene rings is 2. The fourth-order valence-corrected chi connectivity index (χ4v) is 4.48. The van der Waals surface area contributed by atoms with E-state index in [0.717, 1.165) is 38.0 Å². The van der Waals surface area contributed by atoms with Crippen molar-refractivity contribution in [2.24, 2.45) is 0 Å². The summed E-state index contributed by atoms with van der Waals surface area (Å²) in [5, 5.41) is 0.522. The van der Waals surface area contributed by atoms with Gasteiger partial charge in [-0.25, -0.2) is 0 Å². The van der Waals surface area contributed by atoms with Gasteiger partial charge in [-0.3, -0.25) is 9.59 Å². The summed E-state index contributed by atoms with van der Waals surface area (Å²) in [6, 6.07) is 15.0. The van der Waals surface area contributed by atoms with Crippen molar-refractivity contribution in [2.75, 3.05) is 26.2 Å². The van der Waals surface area contributed by atoms with Crippen LogP contribution in [-0.4, -0.2) is 41.9 Å². The lowest BCUT2D eigenvalue weighted by Crippen LogP contribution is -2.33. The van der Waals surface area contributed by atoms with Gasteiger partial charge in [-0.15, -0.1) is 0 Å². The molecule has 0 aliphatic carbocycles. The summed E-state index contributed by atoms with van der Waals surface area (Å²) in [7, 11) is 0. The SMILES string of the molecule is CCc1ccc(C2c3c(oc4ccccc4c3=O)C(=O)N2CCCN(CC)CC)cc1. The van der Waals surface area contributed by atoms with E-state index in [-0.39, 0.29) is 17.1 Å².